The molecule has 1 aromatic carbocycles. The lowest BCUT2D eigenvalue weighted by Crippen LogP contribution is -2.42. The number of imidazole rings is 1. The predicted molar refractivity (Wildman–Crippen MR) is 79.7 cm³/mol. The van der Waals surface area contributed by atoms with E-state index in [1.165, 1.54) is 24.7 Å². The number of aromatic nitrogens is 2. The van der Waals surface area contributed by atoms with E-state index in [1.54, 1.807) is 6.07 Å². The minimum absolute atomic E-state index is 0.0252. The minimum atomic E-state index is -3.95. The summed E-state index contributed by atoms with van der Waals surface area (Å²) in [5, 5.41) is 9.26. The normalized spacial score (nSPS) is 15.0. The van der Waals surface area contributed by atoms with E-state index in [-0.39, 0.29) is 11.3 Å². The molecule has 0 spiro atoms. The van der Waals surface area contributed by atoms with E-state index in [2.05, 4.69) is 14.7 Å². The van der Waals surface area contributed by atoms with Crippen molar-refractivity contribution in [1.29, 1.82) is 0 Å². The van der Waals surface area contributed by atoms with Crippen molar-refractivity contribution in [1.82, 2.24) is 14.7 Å². The number of carbonyl (C=O) groups is 1. The number of fused-ring (bicyclic) bond motifs is 1. The summed E-state index contributed by atoms with van der Waals surface area (Å²) in [6.07, 6.45) is 3.47. The summed E-state index contributed by atoms with van der Waals surface area (Å²) in [7, 11) is -3.95. The molecule has 0 fully saturated rings. The van der Waals surface area contributed by atoms with Crippen molar-refractivity contribution in [2.45, 2.75) is 23.8 Å². The third-order valence-corrected chi connectivity index (χ3v) is 5.01. The van der Waals surface area contributed by atoms with Crippen LogP contribution < -0.4 is 9.46 Å². The number of aliphatic carboxylic acids is 1. The number of carboxylic acids is 1. The van der Waals surface area contributed by atoms with Crippen molar-refractivity contribution in [2.75, 3.05) is 6.61 Å². The van der Waals surface area contributed by atoms with E-state index < -0.39 is 22.0 Å². The maximum absolute atomic E-state index is 12.4. The lowest BCUT2D eigenvalue weighted by atomic mass is 10.2. The molecular formula is C14H15N3O5S. The molecule has 23 heavy (non-hydrogen) atoms. The van der Waals surface area contributed by atoms with E-state index in [0.717, 1.165) is 5.56 Å². The fraction of sp³-hybridized carbons (Fsp3) is 0.286. The van der Waals surface area contributed by atoms with Gasteiger partial charge in [0.25, 0.3) is 0 Å². The van der Waals surface area contributed by atoms with Gasteiger partial charge < -0.3 is 14.8 Å². The highest BCUT2D eigenvalue weighted by molar-refractivity contribution is 7.89. The van der Waals surface area contributed by atoms with Crippen LogP contribution >= 0.6 is 0 Å². The van der Waals surface area contributed by atoms with Crippen LogP contribution in [0.4, 0.5) is 0 Å². The van der Waals surface area contributed by atoms with Gasteiger partial charge in [-0.2, -0.15) is 4.72 Å². The number of hydrogen-bond acceptors (Lipinski definition) is 5. The SMILES string of the molecule is O=C(O)C(Cc1cnc[nH]1)NS(=O)(=O)c1ccc2c(c1)CCO2. The van der Waals surface area contributed by atoms with Gasteiger partial charge in [0.2, 0.25) is 10.0 Å². The quantitative estimate of drug-likeness (QED) is 0.698. The zero-order valence-corrected chi connectivity index (χ0v) is 12.8. The Bertz CT molecular complexity index is 817. The number of ether oxygens (including phenoxy) is 1. The molecule has 8 nitrogen and oxygen atoms in total. The van der Waals surface area contributed by atoms with Crippen LogP contribution in [0.5, 0.6) is 5.75 Å². The smallest absolute Gasteiger partial charge is 0.322 e. The molecule has 1 aliphatic rings. The second-order valence-electron chi connectivity index (χ2n) is 5.16. The average molecular weight is 337 g/mol. The van der Waals surface area contributed by atoms with Crippen molar-refractivity contribution in [2.24, 2.45) is 0 Å². The van der Waals surface area contributed by atoms with Gasteiger partial charge in [-0.3, -0.25) is 4.79 Å². The Morgan fingerprint density at radius 3 is 3.00 bits per heavy atom. The Morgan fingerprint density at radius 2 is 2.30 bits per heavy atom. The van der Waals surface area contributed by atoms with Gasteiger partial charge in [-0.25, -0.2) is 13.4 Å². The van der Waals surface area contributed by atoms with Crippen LogP contribution in [0.25, 0.3) is 0 Å². The number of aromatic amines is 1. The molecule has 122 valence electrons. The first-order valence-electron chi connectivity index (χ1n) is 6.94. The Hall–Kier alpha value is -2.39. The molecule has 1 unspecified atom stereocenters. The van der Waals surface area contributed by atoms with Crippen LogP contribution in [0.3, 0.4) is 0 Å². The summed E-state index contributed by atoms with van der Waals surface area (Å²) >= 11 is 0. The maximum atomic E-state index is 12.4. The molecule has 0 saturated heterocycles. The van der Waals surface area contributed by atoms with Gasteiger partial charge in [0.1, 0.15) is 11.8 Å². The Labute approximate surface area is 132 Å². The first-order chi connectivity index (χ1) is 11.0. The van der Waals surface area contributed by atoms with Crippen molar-refractivity contribution in [3.05, 3.63) is 42.0 Å². The van der Waals surface area contributed by atoms with Crippen LogP contribution in [0, 0.1) is 0 Å². The summed E-state index contributed by atoms with van der Waals surface area (Å²) in [6, 6.07) is 3.22. The molecule has 1 aliphatic heterocycles. The number of nitrogens with zero attached hydrogens (tertiary/aromatic N) is 1. The standard InChI is InChI=1S/C14H15N3O5S/c18-14(19)12(6-10-7-15-8-16-10)17-23(20,21)11-1-2-13-9(5-11)3-4-22-13/h1-2,5,7-8,12,17H,3-4,6H2,(H,15,16)(H,18,19). The second-order valence-corrected chi connectivity index (χ2v) is 6.88. The molecule has 0 radical (unpaired) electrons. The van der Waals surface area contributed by atoms with Gasteiger partial charge in [-0.1, -0.05) is 0 Å². The van der Waals surface area contributed by atoms with Crippen LogP contribution in [0.1, 0.15) is 11.3 Å². The molecule has 0 bridgehead atoms. The highest BCUT2D eigenvalue weighted by Gasteiger charge is 2.27. The third kappa shape index (κ3) is 3.35. The zero-order chi connectivity index (χ0) is 16.4. The second kappa shape index (κ2) is 6.01. The van der Waals surface area contributed by atoms with E-state index in [1.807, 2.05) is 0 Å². The predicted octanol–water partition coefficient (Wildman–Crippen LogP) is 0.319. The Morgan fingerprint density at radius 1 is 1.48 bits per heavy atom. The van der Waals surface area contributed by atoms with Gasteiger partial charge in [0.15, 0.2) is 0 Å². The lowest BCUT2D eigenvalue weighted by molar-refractivity contribution is -0.138. The number of sulfonamides is 1. The topological polar surface area (TPSA) is 121 Å². The molecular weight excluding hydrogens is 322 g/mol. The first kappa shape index (κ1) is 15.5. The summed E-state index contributed by atoms with van der Waals surface area (Å²) in [6.45, 7) is 0.518. The van der Waals surface area contributed by atoms with E-state index in [4.69, 9.17) is 4.74 Å². The zero-order valence-electron chi connectivity index (χ0n) is 12.0. The van der Waals surface area contributed by atoms with Gasteiger partial charge in [0.05, 0.1) is 17.8 Å². The monoisotopic (exact) mass is 337 g/mol. The average Bonchev–Trinajstić information content (AvgIpc) is 3.16. The van der Waals surface area contributed by atoms with E-state index in [9.17, 15) is 18.3 Å². The van der Waals surface area contributed by atoms with Crippen molar-refractivity contribution < 1.29 is 23.1 Å². The molecule has 2 heterocycles. The summed E-state index contributed by atoms with van der Waals surface area (Å²) in [5.41, 5.74) is 1.33. The lowest BCUT2D eigenvalue weighted by Gasteiger charge is -2.14. The molecule has 3 N–H and O–H groups in total. The molecule has 0 amide bonds. The molecule has 0 aliphatic carbocycles. The van der Waals surface area contributed by atoms with Crippen molar-refractivity contribution in [3.8, 4) is 5.75 Å². The summed E-state index contributed by atoms with van der Waals surface area (Å²) in [5.74, 6) is -0.594. The largest absolute Gasteiger partial charge is 0.493 e. The number of H-pyrrole nitrogens is 1. The molecule has 3 rings (SSSR count). The van der Waals surface area contributed by atoms with E-state index in [0.29, 0.717) is 24.5 Å². The fourth-order valence-electron chi connectivity index (χ4n) is 2.38. The first-order valence-corrected chi connectivity index (χ1v) is 8.42. The van der Waals surface area contributed by atoms with Crippen LogP contribution in [0.2, 0.25) is 0 Å². The molecule has 0 saturated carbocycles. The number of nitrogens with one attached hydrogen (secondary N) is 2. The van der Waals surface area contributed by atoms with Gasteiger partial charge in [-0.15, -0.1) is 0 Å². The third-order valence-electron chi connectivity index (χ3n) is 3.55. The highest BCUT2D eigenvalue weighted by Crippen LogP contribution is 2.27. The number of hydrogen-bond donors (Lipinski definition) is 3. The Kier molecular flexibility index (Phi) is 4.05. The van der Waals surface area contributed by atoms with Crippen LogP contribution in [0.15, 0.2) is 35.6 Å². The molecule has 2 aromatic rings. The van der Waals surface area contributed by atoms with Crippen molar-refractivity contribution in [3.63, 3.8) is 0 Å². The molecule has 1 aromatic heterocycles. The summed E-state index contributed by atoms with van der Waals surface area (Å²) in [4.78, 5) is 17.9. The van der Waals surface area contributed by atoms with Crippen LogP contribution in [-0.2, 0) is 27.7 Å². The minimum Gasteiger partial charge on any atom is -0.493 e. The van der Waals surface area contributed by atoms with Crippen LogP contribution in [-0.4, -0.2) is 42.1 Å². The number of carboxylic acid groups (broad SMARTS) is 1. The number of benzene rings is 1. The number of rotatable bonds is 6. The molecule has 9 heteroatoms. The van der Waals surface area contributed by atoms with E-state index >= 15 is 0 Å². The van der Waals surface area contributed by atoms with Crippen molar-refractivity contribution >= 4 is 16.0 Å². The van der Waals surface area contributed by atoms with Gasteiger partial charge in [0, 0.05) is 24.7 Å². The van der Waals surface area contributed by atoms with Gasteiger partial charge in [-0.05, 0) is 23.8 Å². The molecule has 1 atom stereocenters. The van der Waals surface area contributed by atoms with Gasteiger partial charge >= 0.3 is 5.97 Å². The highest BCUT2D eigenvalue weighted by atomic mass is 32.2. The maximum Gasteiger partial charge on any atom is 0.322 e. The Balaban J connectivity index is 1.82. The summed E-state index contributed by atoms with van der Waals surface area (Å²) < 4.78 is 32.4. The fourth-order valence-corrected chi connectivity index (χ4v) is 3.62.